The molecule has 160 valence electrons. The third-order valence-corrected chi connectivity index (χ3v) is 6.55. The zero-order valence-corrected chi connectivity index (χ0v) is 19.4. The highest BCUT2D eigenvalue weighted by molar-refractivity contribution is 6.77. The number of nitrogens with zero attached hydrogens (tertiary/aromatic N) is 3. The van der Waals surface area contributed by atoms with Crippen LogP contribution in [-0.4, -0.2) is 16.4 Å². The Morgan fingerprint density at radius 2 is 1.44 bits per heavy atom. The number of anilines is 1. The van der Waals surface area contributed by atoms with Gasteiger partial charge in [0, 0.05) is 30.2 Å². The van der Waals surface area contributed by atoms with Crippen LogP contribution in [0.1, 0.15) is 56.2 Å². The number of hydrogen-bond acceptors (Lipinski definition) is 2. The van der Waals surface area contributed by atoms with Crippen LogP contribution >= 0.6 is 0 Å². The van der Waals surface area contributed by atoms with Gasteiger partial charge in [0.25, 0.3) is 0 Å². The normalized spacial score (nSPS) is 12.9. The second-order valence-corrected chi connectivity index (χ2v) is 9.32. The van der Waals surface area contributed by atoms with Crippen molar-refractivity contribution in [1.82, 2.24) is 9.46 Å². The molecular weight excluding hydrogens is 389 g/mol. The van der Waals surface area contributed by atoms with Crippen LogP contribution in [0.3, 0.4) is 0 Å². The average Bonchev–Trinajstić information content (AvgIpc) is 3.29. The number of para-hydroxylation sites is 1. The Morgan fingerprint density at radius 1 is 0.781 bits per heavy atom. The van der Waals surface area contributed by atoms with E-state index in [1.807, 2.05) is 6.20 Å². The summed E-state index contributed by atoms with van der Waals surface area (Å²) in [6.45, 7) is 10.1. The zero-order chi connectivity index (χ0) is 22.2. The number of fused-ring (bicyclic) bond motifs is 3. The highest BCUT2D eigenvalue weighted by Crippen LogP contribution is 2.37. The van der Waals surface area contributed by atoms with Gasteiger partial charge in [-0.1, -0.05) is 88.4 Å². The molecule has 0 fully saturated rings. The predicted octanol–water partition coefficient (Wildman–Crippen LogP) is 6.06. The molecule has 1 aliphatic heterocycles. The summed E-state index contributed by atoms with van der Waals surface area (Å²) in [5, 5.41) is 0. The summed E-state index contributed by atoms with van der Waals surface area (Å²) in [6, 6.07) is 26.3. The average molecular weight is 419 g/mol. The zero-order valence-electron chi connectivity index (χ0n) is 19.4. The lowest BCUT2D eigenvalue weighted by Gasteiger charge is -2.40. The van der Waals surface area contributed by atoms with Gasteiger partial charge in [-0.2, -0.15) is 0 Å². The second kappa shape index (κ2) is 8.35. The molecule has 2 heterocycles. The van der Waals surface area contributed by atoms with Crippen LogP contribution in [0.5, 0.6) is 0 Å². The molecule has 3 nitrogen and oxygen atoms in total. The van der Waals surface area contributed by atoms with Crippen LogP contribution in [0.4, 0.5) is 5.69 Å². The SMILES string of the molecule is CC(C)c1cccc(C(C)C)c1B1N(Cc2ccccc2)c2ccccc2-c2nccn21. The molecule has 0 spiro atoms. The molecule has 0 radical (unpaired) electrons. The molecule has 5 rings (SSSR count). The molecule has 0 saturated heterocycles. The maximum atomic E-state index is 4.80. The first-order valence-corrected chi connectivity index (χ1v) is 11.6. The van der Waals surface area contributed by atoms with Gasteiger partial charge in [0.15, 0.2) is 0 Å². The molecular formula is C28H30BN3. The van der Waals surface area contributed by atoms with Crippen molar-refractivity contribution in [3.63, 3.8) is 0 Å². The lowest BCUT2D eigenvalue weighted by molar-refractivity contribution is 0.840. The summed E-state index contributed by atoms with van der Waals surface area (Å²) in [5.74, 6) is 1.92. The summed E-state index contributed by atoms with van der Waals surface area (Å²) in [4.78, 5) is 7.36. The van der Waals surface area contributed by atoms with Crippen LogP contribution < -0.4 is 10.3 Å². The molecule has 4 heteroatoms. The molecule has 0 aliphatic carbocycles. The topological polar surface area (TPSA) is 21.1 Å². The van der Waals surface area contributed by atoms with E-state index in [0.717, 1.165) is 12.4 Å². The van der Waals surface area contributed by atoms with Gasteiger partial charge in [0.1, 0.15) is 5.82 Å². The fourth-order valence-corrected chi connectivity index (χ4v) is 5.07. The summed E-state index contributed by atoms with van der Waals surface area (Å²) < 4.78 is 2.37. The molecule has 0 amide bonds. The Hall–Kier alpha value is -3.27. The van der Waals surface area contributed by atoms with Gasteiger partial charge in [-0.05, 0) is 46.1 Å². The van der Waals surface area contributed by atoms with Crippen molar-refractivity contribution in [3.05, 3.63) is 102 Å². The van der Waals surface area contributed by atoms with E-state index in [1.165, 1.54) is 33.4 Å². The minimum absolute atomic E-state index is 0.0543. The van der Waals surface area contributed by atoms with Crippen LogP contribution in [0.2, 0.25) is 0 Å². The third kappa shape index (κ3) is 3.44. The molecule has 0 bridgehead atoms. The van der Waals surface area contributed by atoms with Gasteiger partial charge in [0.05, 0.1) is 0 Å². The summed E-state index contributed by atoms with van der Waals surface area (Å²) in [5.41, 5.74) is 7.99. The predicted molar refractivity (Wildman–Crippen MR) is 136 cm³/mol. The van der Waals surface area contributed by atoms with Gasteiger partial charge < -0.3 is 9.29 Å². The second-order valence-electron chi connectivity index (χ2n) is 9.32. The number of imidazole rings is 1. The fourth-order valence-electron chi connectivity index (χ4n) is 5.07. The van der Waals surface area contributed by atoms with Crippen LogP contribution in [0.15, 0.2) is 85.2 Å². The summed E-state index contributed by atoms with van der Waals surface area (Å²) in [6.07, 6.45) is 4.09. The van der Waals surface area contributed by atoms with E-state index < -0.39 is 0 Å². The standard InChI is InChI=1S/C28H30BN3/c1-20(2)23-14-10-15-24(21(3)4)27(23)29-31-18-17-30-28(31)25-13-8-9-16-26(25)32(29)19-22-11-6-5-7-12-22/h5-18,20-21H,19H2,1-4H3. The first kappa shape index (κ1) is 20.6. The van der Waals surface area contributed by atoms with Crippen LogP contribution in [-0.2, 0) is 6.54 Å². The van der Waals surface area contributed by atoms with Crippen molar-refractivity contribution in [2.75, 3.05) is 4.81 Å². The van der Waals surface area contributed by atoms with E-state index in [-0.39, 0.29) is 6.98 Å². The van der Waals surface area contributed by atoms with Gasteiger partial charge in [-0.3, -0.25) is 0 Å². The maximum absolute atomic E-state index is 4.80. The van der Waals surface area contributed by atoms with Crippen LogP contribution in [0, 0.1) is 0 Å². The fraction of sp³-hybridized carbons (Fsp3) is 0.250. The first-order chi connectivity index (χ1) is 15.6. The summed E-state index contributed by atoms with van der Waals surface area (Å²) in [7, 11) is 0. The first-order valence-electron chi connectivity index (χ1n) is 11.6. The molecule has 3 aromatic carbocycles. The van der Waals surface area contributed by atoms with Crippen molar-refractivity contribution in [1.29, 1.82) is 0 Å². The maximum Gasteiger partial charge on any atom is 0.417 e. The number of hydrogen-bond donors (Lipinski definition) is 0. The molecule has 0 saturated carbocycles. The molecule has 4 aromatic rings. The Kier molecular flexibility index (Phi) is 5.38. The Bertz CT molecular complexity index is 1200. The van der Waals surface area contributed by atoms with E-state index in [4.69, 9.17) is 4.98 Å². The van der Waals surface area contributed by atoms with Crippen molar-refractivity contribution in [3.8, 4) is 11.4 Å². The Morgan fingerprint density at radius 3 is 2.12 bits per heavy atom. The lowest BCUT2D eigenvalue weighted by atomic mass is 9.57. The highest BCUT2D eigenvalue weighted by Gasteiger charge is 2.40. The van der Waals surface area contributed by atoms with Gasteiger partial charge in [-0.25, -0.2) is 4.98 Å². The molecule has 0 atom stereocenters. The van der Waals surface area contributed by atoms with Gasteiger partial charge >= 0.3 is 6.98 Å². The van der Waals surface area contributed by atoms with Crippen molar-refractivity contribution < 1.29 is 0 Å². The van der Waals surface area contributed by atoms with E-state index in [0.29, 0.717) is 11.8 Å². The van der Waals surface area contributed by atoms with Crippen molar-refractivity contribution in [2.24, 2.45) is 0 Å². The Labute approximate surface area is 191 Å². The third-order valence-electron chi connectivity index (χ3n) is 6.55. The van der Waals surface area contributed by atoms with Gasteiger partial charge in [0.2, 0.25) is 0 Å². The van der Waals surface area contributed by atoms with E-state index in [2.05, 4.69) is 116 Å². The van der Waals surface area contributed by atoms with E-state index >= 15 is 0 Å². The van der Waals surface area contributed by atoms with Gasteiger partial charge in [-0.15, -0.1) is 0 Å². The number of benzene rings is 3. The minimum atomic E-state index is 0.0543. The smallest absolute Gasteiger partial charge is 0.387 e. The largest absolute Gasteiger partial charge is 0.417 e. The van der Waals surface area contributed by atoms with Crippen molar-refractivity contribution in [2.45, 2.75) is 46.1 Å². The molecule has 1 aliphatic rings. The molecule has 32 heavy (non-hydrogen) atoms. The number of rotatable bonds is 5. The monoisotopic (exact) mass is 419 g/mol. The Balaban J connectivity index is 1.79. The highest BCUT2D eigenvalue weighted by atomic mass is 15.2. The minimum Gasteiger partial charge on any atom is -0.387 e. The van der Waals surface area contributed by atoms with Crippen molar-refractivity contribution >= 4 is 18.1 Å². The van der Waals surface area contributed by atoms with E-state index in [9.17, 15) is 0 Å². The molecule has 0 N–H and O–H groups in total. The van der Waals surface area contributed by atoms with E-state index in [1.54, 1.807) is 0 Å². The van der Waals surface area contributed by atoms with Crippen LogP contribution in [0.25, 0.3) is 11.4 Å². The lowest BCUT2D eigenvalue weighted by Crippen LogP contribution is -2.58. The molecule has 0 unspecified atom stereocenters. The quantitative estimate of drug-likeness (QED) is 0.367. The number of aromatic nitrogens is 2. The molecule has 1 aromatic heterocycles. The summed E-state index contributed by atoms with van der Waals surface area (Å²) >= 11 is 0.